The summed E-state index contributed by atoms with van der Waals surface area (Å²) in [5.41, 5.74) is 19.2. The zero-order valence-electron chi connectivity index (χ0n) is 34.0. The van der Waals surface area contributed by atoms with Crippen LogP contribution in [0.2, 0.25) is 0 Å². The van der Waals surface area contributed by atoms with E-state index < -0.39 is 0 Å². The third kappa shape index (κ3) is 7.08. The number of nitrogens with zero attached hydrogens (tertiary/aromatic N) is 4. The lowest BCUT2D eigenvalue weighted by atomic mass is 9.76. The highest BCUT2D eigenvalue weighted by Crippen LogP contribution is 2.53. The molecule has 0 saturated carbocycles. The van der Waals surface area contributed by atoms with Crippen LogP contribution in [0.5, 0.6) is 0 Å². The molecule has 7 aromatic carbocycles. The van der Waals surface area contributed by atoms with Crippen LogP contribution in [0, 0.1) is 5.41 Å². The van der Waals surface area contributed by atoms with Gasteiger partial charge in [-0.2, -0.15) is 10.2 Å². The largest absolute Gasteiger partial charge is 0.365 e. The minimum Gasteiger partial charge on any atom is -0.365 e. The average Bonchev–Trinajstić information content (AvgIpc) is 4.08. The second-order valence-corrected chi connectivity index (χ2v) is 15.3. The first-order valence-electron chi connectivity index (χ1n) is 20.9. The SMILES string of the molecule is N=C/C=C\Nc1ccc(-c2c3ccc(-n4cccn4)cc3c(-c3ccccc3)c3c(C4=CC=C(N/C=C\CN)CC4)c4ccc(-n5cccn5)cc4c(-c4ccccc4)c23)cc1. The van der Waals surface area contributed by atoms with Crippen molar-refractivity contribution in [1.29, 1.82) is 5.41 Å². The molecular weight excluding hydrogens is 761 g/mol. The van der Waals surface area contributed by atoms with Gasteiger partial charge in [-0.05, 0) is 157 Å². The van der Waals surface area contributed by atoms with Crippen molar-refractivity contribution in [3.05, 3.63) is 206 Å². The monoisotopic (exact) mass is 804 g/mol. The molecule has 10 rings (SSSR count). The van der Waals surface area contributed by atoms with Gasteiger partial charge < -0.3 is 21.8 Å². The number of hydrogen-bond acceptors (Lipinski definition) is 6. The second-order valence-electron chi connectivity index (χ2n) is 15.3. The Hall–Kier alpha value is -8.07. The van der Waals surface area contributed by atoms with Gasteiger partial charge in [-0.1, -0.05) is 97.1 Å². The molecule has 9 aromatic rings. The molecule has 0 unspecified atom stereocenters. The standard InChI is InChI=1S/C54H44N8/c55-27-7-29-57-41-19-15-39(16-20-41)49-46-26-24-44(62-34-10-32-60-62)36-48(46)52(38-13-5-2-6-14-38)54-50(40-17-21-42(22-18-40)58-30-8-28-56)45-25-23-43(61-33-9-31-59-61)35-47(45)51(53(49)54)37-11-3-1-4-12-37/h1-17,19-21,23-27,29-36,55,57-58H,18,22,28,56H2/b29-7-,30-8-,55-27?. The molecule has 2 aromatic heterocycles. The van der Waals surface area contributed by atoms with Crippen molar-refractivity contribution in [2.45, 2.75) is 12.8 Å². The van der Waals surface area contributed by atoms with Crippen molar-refractivity contribution in [3.8, 4) is 44.8 Å². The van der Waals surface area contributed by atoms with Gasteiger partial charge in [0.15, 0.2) is 0 Å². The molecule has 0 amide bonds. The molecule has 8 heteroatoms. The number of allylic oxidation sites excluding steroid dienone is 5. The summed E-state index contributed by atoms with van der Waals surface area (Å²) in [6.07, 6.45) is 22.5. The van der Waals surface area contributed by atoms with E-state index in [-0.39, 0.29) is 0 Å². The van der Waals surface area contributed by atoms with E-state index in [0.717, 1.165) is 79.6 Å². The highest BCUT2D eigenvalue weighted by atomic mass is 15.3. The fraction of sp³-hybridized carbons (Fsp3) is 0.0556. The van der Waals surface area contributed by atoms with Gasteiger partial charge >= 0.3 is 0 Å². The number of fused-ring (bicyclic) bond motifs is 3. The van der Waals surface area contributed by atoms with Gasteiger partial charge in [-0.25, -0.2) is 9.36 Å². The first-order chi connectivity index (χ1) is 30.7. The Kier molecular flexibility index (Phi) is 10.4. The minimum absolute atomic E-state index is 0.481. The molecule has 0 saturated heterocycles. The van der Waals surface area contributed by atoms with E-state index in [2.05, 4.69) is 154 Å². The van der Waals surface area contributed by atoms with Gasteiger partial charge in [-0.15, -0.1) is 0 Å². The molecule has 0 radical (unpaired) electrons. The zero-order chi connectivity index (χ0) is 41.8. The number of hydrogen-bond donors (Lipinski definition) is 4. The maximum atomic E-state index is 7.47. The first-order valence-corrected chi connectivity index (χ1v) is 20.9. The second kappa shape index (κ2) is 16.9. The third-order valence-corrected chi connectivity index (χ3v) is 11.6. The molecule has 0 spiro atoms. The van der Waals surface area contributed by atoms with E-state index in [4.69, 9.17) is 11.1 Å². The maximum Gasteiger partial charge on any atom is 0.0652 e. The first kappa shape index (κ1) is 38.2. The normalized spacial score (nSPS) is 13.0. The average molecular weight is 805 g/mol. The molecule has 62 heavy (non-hydrogen) atoms. The van der Waals surface area contributed by atoms with Crippen LogP contribution in [0.15, 0.2) is 201 Å². The molecule has 0 aliphatic heterocycles. The Balaban J connectivity index is 1.44. The van der Waals surface area contributed by atoms with Crippen LogP contribution in [0.1, 0.15) is 18.4 Å². The molecule has 5 N–H and O–H groups in total. The highest BCUT2D eigenvalue weighted by molar-refractivity contribution is 6.32. The Labute approximate surface area is 360 Å². The lowest BCUT2D eigenvalue weighted by Gasteiger charge is -2.27. The topological polar surface area (TPSA) is 110 Å². The summed E-state index contributed by atoms with van der Waals surface area (Å²) < 4.78 is 3.88. The van der Waals surface area contributed by atoms with Gasteiger partial charge in [0.25, 0.3) is 0 Å². The zero-order valence-corrected chi connectivity index (χ0v) is 34.0. The summed E-state index contributed by atoms with van der Waals surface area (Å²) >= 11 is 0. The van der Waals surface area contributed by atoms with Crippen molar-refractivity contribution in [2.24, 2.45) is 5.73 Å². The third-order valence-electron chi connectivity index (χ3n) is 11.6. The van der Waals surface area contributed by atoms with Crippen molar-refractivity contribution in [1.82, 2.24) is 24.9 Å². The van der Waals surface area contributed by atoms with Gasteiger partial charge in [0.2, 0.25) is 0 Å². The lowest BCUT2D eigenvalue weighted by molar-refractivity contribution is 0.878. The van der Waals surface area contributed by atoms with E-state index in [0.29, 0.717) is 6.54 Å². The Morgan fingerprint density at radius 2 is 1.13 bits per heavy atom. The van der Waals surface area contributed by atoms with E-state index in [1.165, 1.54) is 39.1 Å². The van der Waals surface area contributed by atoms with Crippen LogP contribution in [0.25, 0.3) is 82.6 Å². The quantitative estimate of drug-likeness (QED) is 0.0726. The molecule has 0 fully saturated rings. The summed E-state index contributed by atoms with van der Waals surface area (Å²) in [5.74, 6) is 0. The minimum atomic E-state index is 0.481. The van der Waals surface area contributed by atoms with E-state index in [9.17, 15) is 0 Å². The van der Waals surface area contributed by atoms with Crippen molar-refractivity contribution in [3.63, 3.8) is 0 Å². The maximum absolute atomic E-state index is 7.47. The van der Waals surface area contributed by atoms with Gasteiger partial charge in [-0.3, -0.25) is 0 Å². The van der Waals surface area contributed by atoms with Gasteiger partial charge in [0, 0.05) is 55.1 Å². The van der Waals surface area contributed by atoms with Crippen LogP contribution in [0.3, 0.4) is 0 Å². The molecule has 1 aliphatic carbocycles. The number of rotatable bonds is 12. The number of benzene rings is 7. The summed E-state index contributed by atoms with van der Waals surface area (Å²) in [6.45, 7) is 0.481. The molecule has 0 bridgehead atoms. The lowest BCUT2D eigenvalue weighted by Crippen LogP contribution is -2.09. The summed E-state index contributed by atoms with van der Waals surface area (Å²) in [7, 11) is 0. The smallest absolute Gasteiger partial charge is 0.0652 e. The number of nitrogens with two attached hydrogens (primary N) is 1. The Morgan fingerprint density at radius 3 is 1.66 bits per heavy atom. The molecule has 2 heterocycles. The predicted octanol–water partition coefficient (Wildman–Crippen LogP) is 12.2. The Morgan fingerprint density at radius 1 is 0.565 bits per heavy atom. The predicted molar refractivity (Wildman–Crippen MR) is 258 cm³/mol. The summed E-state index contributed by atoms with van der Waals surface area (Å²) in [4.78, 5) is 0. The summed E-state index contributed by atoms with van der Waals surface area (Å²) in [6, 6.07) is 47.9. The van der Waals surface area contributed by atoms with Gasteiger partial charge in [0.1, 0.15) is 0 Å². The van der Waals surface area contributed by atoms with Crippen LogP contribution in [-0.4, -0.2) is 32.3 Å². The van der Waals surface area contributed by atoms with Crippen LogP contribution >= 0.6 is 0 Å². The number of aromatic nitrogens is 4. The fourth-order valence-electron chi connectivity index (χ4n) is 8.90. The number of nitrogens with one attached hydrogen (secondary N) is 3. The molecule has 0 atom stereocenters. The molecule has 300 valence electrons. The fourth-order valence-corrected chi connectivity index (χ4v) is 8.90. The van der Waals surface area contributed by atoms with Crippen molar-refractivity contribution < 1.29 is 0 Å². The Bertz CT molecular complexity index is 3190. The summed E-state index contributed by atoms with van der Waals surface area (Å²) in [5, 5.41) is 30.6. The van der Waals surface area contributed by atoms with Crippen molar-refractivity contribution >= 4 is 49.8 Å². The number of anilines is 1. The molecule has 1 aliphatic rings. The van der Waals surface area contributed by atoms with Crippen molar-refractivity contribution in [2.75, 3.05) is 11.9 Å². The van der Waals surface area contributed by atoms with Gasteiger partial charge in [0.05, 0.1) is 11.4 Å². The highest BCUT2D eigenvalue weighted by Gasteiger charge is 2.28. The van der Waals surface area contributed by atoms with Crippen LogP contribution in [-0.2, 0) is 0 Å². The van der Waals surface area contributed by atoms with Crippen LogP contribution < -0.4 is 16.4 Å². The molecular formula is C54H44N8. The van der Waals surface area contributed by atoms with E-state index in [1.807, 2.05) is 58.6 Å². The van der Waals surface area contributed by atoms with E-state index >= 15 is 0 Å². The van der Waals surface area contributed by atoms with Crippen LogP contribution in [0.4, 0.5) is 5.69 Å². The molecule has 8 nitrogen and oxygen atoms in total. The van der Waals surface area contributed by atoms with E-state index in [1.54, 1.807) is 12.3 Å².